The van der Waals surface area contributed by atoms with E-state index in [2.05, 4.69) is 19.2 Å². The molecule has 1 saturated heterocycles. The molecule has 0 aromatic rings. The van der Waals surface area contributed by atoms with Crippen molar-refractivity contribution in [3.8, 4) is 0 Å². The summed E-state index contributed by atoms with van der Waals surface area (Å²) in [6.45, 7) is 8.67. The van der Waals surface area contributed by atoms with Gasteiger partial charge >= 0.3 is 0 Å². The van der Waals surface area contributed by atoms with Crippen molar-refractivity contribution in [2.75, 3.05) is 19.8 Å². The van der Waals surface area contributed by atoms with E-state index in [0.29, 0.717) is 18.5 Å². The molecule has 3 nitrogen and oxygen atoms in total. The second-order valence-corrected chi connectivity index (χ2v) is 5.72. The highest BCUT2D eigenvalue weighted by molar-refractivity contribution is 4.79. The third-order valence-corrected chi connectivity index (χ3v) is 3.19. The number of ether oxygens (including phenoxy) is 1. The molecule has 2 atom stereocenters. The van der Waals surface area contributed by atoms with Crippen LogP contribution in [0.2, 0.25) is 0 Å². The van der Waals surface area contributed by atoms with Crippen LogP contribution in [0.15, 0.2) is 0 Å². The first kappa shape index (κ1) is 13.9. The third-order valence-electron chi connectivity index (χ3n) is 3.19. The second kappa shape index (κ2) is 6.58. The predicted molar refractivity (Wildman–Crippen MR) is 66.5 cm³/mol. The van der Waals surface area contributed by atoms with Gasteiger partial charge in [0, 0.05) is 19.2 Å². The zero-order chi connectivity index (χ0) is 12.0. The minimum Gasteiger partial charge on any atom is -0.389 e. The van der Waals surface area contributed by atoms with Crippen LogP contribution < -0.4 is 5.32 Å². The van der Waals surface area contributed by atoms with Gasteiger partial charge in [0.1, 0.15) is 0 Å². The molecule has 96 valence electrons. The van der Waals surface area contributed by atoms with Crippen molar-refractivity contribution in [3.63, 3.8) is 0 Å². The second-order valence-electron chi connectivity index (χ2n) is 5.72. The van der Waals surface area contributed by atoms with Crippen LogP contribution in [-0.4, -0.2) is 36.5 Å². The minimum atomic E-state index is -0.582. The maximum Gasteiger partial charge on any atom is 0.0743 e. The van der Waals surface area contributed by atoms with Crippen LogP contribution in [0.1, 0.15) is 46.5 Å². The molecule has 2 N–H and O–H groups in total. The summed E-state index contributed by atoms with van der Waals surface area (Å²) in [6.07, 6.45) is 4.24. The zero-order valence-corrected chi connectivity index (χ0v) is 11.0. The molecule has 0 aromatic carbocycles. The number of hydrogen-bond acceptors (Lipinski definition) is 3. The maximum atomic E-state index is 10.2. The normalized spacial score (nSPS) is 25.7. The van der Waals surface area contributed by atoms with Crippen LogP contribution in [0.3, 0.4) is 0 Å². The first-order chi connectivity index (χ1) is 7.49. The van der Waals surface area contributed by atoms with Gasteiger partial charge in [-0.3, -0.25) is 0 Å². The highest BCUT2D eigenvalue weighted by atomic mass is 16.5. The number of rotatable bonds is 6. The summed E-state index contributed by atoms with van der Waals surface area (Å²) in [5.74, 6) is 0.657. The topological polar surface area (TPSA) is 41.5 Å². The van der Waals surface area contributed by atoms with E-state index in [1.807, 2.05) is 6.92 Å². The molecular formula is C13H27NO2. The molecule has 0 spiro atoms. The molecule has 0 bridgehead atoms. The van der Waals surface area contributed by atoms with E-state index in [4.69, 9.17) is 4.74 Å². The standard InChI is InChI=1S/C13H27NO2/c1-11(2)6-7-13(3,15)10-14-12-5-4-8-16-9-12/h11-12,14-15H,4-10H2,1-3H3. The molecule has 2 unspecified atom stereocenters. The first-order valence-electron chi connectivity index (χ1n) is 6.53. The Labute approximate surface area is 99.6 Å². The fraction of sp³-hybridized carbons (Fsp3) is 1.00. The largest absolute Gasteiger partial charge is 0.389 e. The average Bonchev–Trinajstić information content (AvgIpc) is 2.26. The van der Waals surface area contributed by atoms with Gasteiger partial charge in [0.2, 0.25) is 0 Å². The SMILES string of the molecule is CC(C)CCC(C)(O)CNC1CCCOC1. The van der Waals surface area contributed by atoms with Gasteiger partial charge in [-0.15, -0.1) is 0 Å². The molecule has 1 heterocycles. The van der Waals surface area contributed by atoms with E-state index in [1.54, 1.807) is 0 Å². The molecule has 0 aliphatic carbocycles. The van der Waals surface area contributed by atoms with Crippen LogP contribution in [0.5, 0.6) is 0 Å². The van der Waals surface area contributed by atoms with Crippen molar-refractivity contribution >= 4 is 0 Å². The van der Waals surface area contributed by atoms with E-state index in [0.717, 1.165) is 32.5 Å². The summed E-state index contributed by atoms with van der Waals surface area (Å²) in [5.41, 5.74) is -0.582. The molecule has 3 heteroatoms. The van der Waals surface area contributed by atoms with Crippen LogP contribution in [0.4, 0.5) is 0 Å². The summed E-state index contributed by atoms with van der Waals surface area (Å²) >= 11 is 0. The van der Waals surface area contributed by atoms with Crippen molar-refractivity contribution in [2.24, 2.45) is 5.92 Å². The Morgan fingerprint density at radius 2 is 2.25 bits per heavy atom. The Kier molecular flexibility index (Phi) is 5.73. The van der Waals surface area contributed by atoms with Gasteiger partial charge in [-0.2, -0.15) is 0 Å². The van der Waals surface area contributed by atoms with Gasteiger partial charge in [-0.1, -0.05) is 13.8 Å². The molecule has 1 fully saturated rings. The van der Waals surface area contributed by atoms with Crippen molar-refractivity contribution < 1.29 is 9.84 Å². The summed E-state index contributed by atoms with van der Waals surface area (Å²) in [6, 6.07) is 0.430. The lowest BCUT2D eigenvalue weighted by molar-refractivity contribution is 0.0260. The molecular weight excluding hydrogens is 202 g/mol. The van der Waals surface area contributed by atoms with Gasteiger partial charge in [-0.05, 0) is 38.5 Å². The fourth-order valence-corrected chi connectivity index (χ4v) is 1.95. The molecule has 0 amide bonds. The maximum absolute atomic E-state index is 10.2. The van der Waals surface area contributed by atoms with Crippen molar-refractivity contribution in [1.82, 2.24) is 5.32 Å². The van der Waals surface area contributed by atoms with Gasteiger partial charge < -0.3 is 15.2 Å². The van der Waals surface area contributed by atoms with Gasteiger partial charge in [0.15, 0.2) is 0 Å². The fourth-order valence-electron chi connectivity index (χ4n) is 1.95. The van der Waals surface area contributed by atoms with Crippen molar-refractivity contribution in [3.05, 3.63) is 0 Å². The van der Waals surface area contributed by atoms with E-state index < -0.39 is 5.60 Å². The number of nitrogens with one attached hydrogen (secondary N) is 1. The molecule has 0 aromatic heterocycles. The van der Waals surface area contributed by atoms with E-state index >= 15 is 0 Å². The number of aliphatic hydroxyl groups is 1. The quantitative estimate of drug-likeness (QED) is 0.731. The average molecular weight is 229 g/mol. The Bertz CT molecular complexity index is 186. The Morgan fingerprint density at radius 3 is 2.81 bits per heavy atom. The van der Waals surface area contributed by atoms with Gasteiger partial charge in [-0.25, -0.2) is 0 Å². The van der Waals surface area contributed by atoms with Gasteiger partial charge in [0.05, 0.1) is 12.2 Å². The van der Waals surface area contributed by atoms with Crippen LogP contribution in [0.25, 0.3) is 0 Å². The van der Waals surface area contributed by atoms with E-state index in [-0.39, 0.29) is 0 Å². The Balaban J connectivity index is 2.18. The predicted octanol–water partition coefficient (Wildman–Crippen LogP) is 1.94. The van der Waals surface area contributed by atoms with E-state index in [1.165, 1.54) is 6.42 Å². The highest BCUT2D eigenvalue weighted by Gasteiger charge is 2.22. The lowest BCUT2D eigenvalue weighted by Crippen LogP contribution is -2.45. The van der Waals surface area contributed by atoms with Crippen LogP contribution >= 0.6 is 0 Å². The third kappa shape index (κ3) is 5.83. The van der Waals surface area contributed by atoms with Crippen molar-refractivity contribution in [2.45, 2.75) is 58.1 Å². The van der Waals surface area contributed by atoms with Crippen LogP contribution in [0, 0.1) is 5.92 Å². The summed E-state index contributed by atoms with van der Waals surface area (Å²) in [4.78, 5) is 0. The minimum absolute atomic E-state index is 0.430. The van der Waals surface area contributed by atoms with Gasteiger partial charge in [0.25, 0.3) is 0 Å². The van der Waals surface area contributed by atoms with E-state index in [9.17, 15) is 5.11 Å². The summed E-state index contributed by atoms with van der Waals surface area (Å²) in [7, 11) is 0. The van der Waals surface area contributed by atoms with Crippen molar-refractivity contribution in [1.29, 1.82) is 0 Å². The Hall–Kier alpha value is -0.120. The molecule has 1 aliphatic heterocycles. The molecule has 0 radical (unpaired) electrons. The first-order valence-corrected chi connectivity index (χ1v) is 6.53. The summed E-state index contributed by atoms with van der Waals surface area (Å²) in [5, 5.41) is 13.6. The smallest absolute Gasteiger partial charge is 0.0743 e. The lowest BCUT2D eigenvalue weighted by atomic mass is 9.95. The lowest BCUT2D eigenvalue weighted by Gasteiger charge is -2.29. The van der Waals surface area contributed by atoms with Crippen LogP contribution in [-0.2, 0) is 4.74 Å². The molecule has 1 aliphatic rings. The molecule has 1 rings (SSSR count). The number of hydrogen-bond donors (Lipinski definition) is 2. The zero-order valence-electron chi connectivity index (χ0n) is 11.0. The molecule has 0 saturated carbocycles. The molecule has 16 heavy (non-hydrogen) atoms. The highest BCUT2D eigenvalue weighted by Crippen LogP contribution is 2.16. The summed E-state index contributed by atoms with van der Waals surface area (Å²) < 4.78 is 5.40. The monoisotopic (exact) mass is 229 g/mol. The Morgan fingerprint density at radius 1 is 1.50 bits per heavy atom.